The minimum absolute atomic E-state index is 0.0225. The first-order chi connectivity index (χ1) is 16.0. The van der Waals surface area contributed by atoms with Gasteiger partial charge in [-0.15, -0.1) is 0 Å². The number of hydrogen-bond donors (Lipinski definition) is 2. The zero-order valence-electron chi connectivity index (χ0n) is 21.2. The normalized spacial score (nSPS) is 46.9. The van der Waals surface area contributed by atoms with Gasteiger partial charge in [0, 0.05) is 22.7 Å². The summed E-state index contributed by atoms with van der Waals surface area (Å²) < 4.78 is 38.9. The van der Waals surface area contributed by atoms with Crippen molar-refractivity contribution < 1.29 is 38.1 Å². The highest BCUT2D eigenvalue weighted by Crippen LogP contribution is 2.71. The van der Waals surface area contributed by atoms with Crippen LogP contribution in [0.25, 0.3) is 0 Å². The summed E-state index contributed by atoms with van der Waals surface area (Å²) in [4.78, 5) is 38.4. The lowest BCUT2D eigenvalue weighted by Gasteiger charge is -2.63. The monoisotopic (exact) mass is 494 g/mol. The second-order valence-electron chi connectivity index (χ2n) is 12.5. The number of carbonyl (C=O) groups is 3. The molecule has 4 aliphatic rings. The van der Waals surface area contributed by atoms with Crippen molar-refractivity contribution in [2.24, 2.45) is 34.0 Å². The maximum Gasteiger partial charge on any atom is 0.312 e. The number of aliphatic hydroxyl groups is 2. The van der Waals surface area contributed by atoms with E-state index in [-0.39, 0.29) is 24.8 Å². The van der Waals surface area contributed by atoms with E-state index in [1.54, 1.807) is 34.6 Å². The fourth-order valence-corrected chi connectivity index (χ4v) is 7.81. The second kappa shape index (κ2) is 7.78. The summed E-state index contributed by atoms with van der Waals surface area (Å²) >= 11 is 0. The Bertz CT molecular complexity index is 1030. The Morgan fingerprint density at radius 2 is 1.83 bits per heavy atom. The van der Waals surface area contributed by atoms with Crippen LogP contribution in [0.4, 0.5) is 8.78 Å². The van der Waals surface area contributed by atoms with Gasteiger partial charge in [-0.3, -0.25) is 14.4 Å². The Balaban J connectivity index is 1.88. The van der Waals surface area contributed by atoms with Gasteiger partial charge in [0.15, 0.2) is 17.1 Å². The molecule has 0 amide bonds. The Hall–Kier alpha value is -1.93. The van der Waals surface area contributed by atoms with E-state index >= 15 is 8.78 Å². The van der Waals surface area contributed by atoms with Crippen molar-refractivity contribution in [1.29, 1.82) is 0 Å². The Labute approximate surface area is 204 Å². The van der Waals surface area contributed by atoms with Crippen molar-refractivity contribution in [1.82, 2.24) is 0 Å². The van der Waals surface area contributed by atoms with Gasteiger partial charge >= 0.3 is 5.97 Å². The Morgan fingerprint density at radius 1 is 1.20 bits per heavy atom. The molecule has 2 N–H and O–H groups in total. The van der Waals surface area contributed by atoms with E-state index < -0.39 is 81.7 Å². The highest BCUT2D eigenvalue weighted by Gasteiger charge is 2.78. The highest BCUT2D eigenvalue weighted by molar-refractivity contribution is 6.01. The van der Waals surface area contributed by atoms with Crippen LogP contribution in [0.5, 0.6) is 0 Å². The average molecular weight is 495 g/mol. The van der Waals surface area contributed by atoms with Crippen LogP contribution in [-0.2, 0) is 19.1 Å². The van der Waals surface area contributed by atoms with Crippen LogP contribution >= 0.6 is 0 Å². The van der Waals surface area contributed by atoms with Crippen molar-refractivity contribution in [3.8, 4) is 0 Å². The molecule has 0 aromatic carbocycles. The zero-order chi connectivity index (χ0) is 26.4. The number of aliphatic hydroxyl groups excluding tert-OH is 2. The van der Waals surface area contributed by atoms with Crippen molar-refractivity contribution in [3.05, 3.63) is 23.8 Å². The van der Waals surface area contributed by atoms with Gasteiger partial charge in [-0.05, 0) is 70.6 Å². The third kappa shape index (κ3) is 3.14. The first-order valence-corrected chi connectivity index (χ1v) is 12.3. The van der Waals surface area contributed by atoms with E-state index in [4.69, 9.17) is 4.74 Å². The molecule has 3 saturated carbocycles. The lowest BCUT2D eigenvalue weighted by atomic mass is 9.44. The molecule has 9 atom stereocenters. The number of alkyl halides is 2. The van der Waals surface area contributed by atoms with Crippen LogP contribution in [0, 0.1) is 34.0 Å². The minimum atomic E-state index is -2.30. The van der Waals surface area contributed by atoms with Crippen LogP contribution in [0.15, 0.2) is 23.8 Å². The molecule has 4 rings (SSSR count). The molecule has 6 nitrogen and oxygen atoms in total. The van der Waals surface area contributed by atoms with Crippen molar-refractivity contribution >= 4 is 17.5 Å². The summed E-state index contributed by atoms with van der Waals surface area (Å²) in [6, 6.07) is 0. The number of ether oxygens (including phenoxy) is 1. The van der Waals surface area contributed by atoms with Crippen LogP contribution in [0.3, 0.4) is 0 Å². The molecule has 0 aliphatic heterocycles. The molecule has 0 bridgehead atoms. The van der Waals surface area contributed by atoms with Gasteiger partial charge in [-0.25, -0.2) is 8.78 Å². The van der Waals surface area contributed by atoms with E-state index in [2.05, 4.69) is 0 Å². The summed E-state index contributed by atoms with van der Waals surface area (Å²) in [5.74, 6) is -3.98. The summed E-state index contributed by atoms with van der Waals surface area (Å²) in [5, 5.41) is 21.4. The maximum atomic E-state index is 17.3. The molecule has 0 aromatic heterocycles. The molecule has 3 fully saturated rings. The van der Waals surface area contributed by atoms with Gasteiger partial charge in [0.25, 0.3) is 0 Å². The number of ketones is 2. The summed E-state index contributed by atoms with van der Waals surface area (Å²) in [6.07, 6.45) is 0.240. The van der Waals surface area contributed by atoms with Crippen LogP contribution in [0.2, 0.25) is 0 Å². The SMILES string of the molecule is C[C@@H]1C[C@H]2[C@@H]3C[C@H](F)C4=CC(=O)C=C[C@]4(C)[C@@]3(F)[C@@H](O)C[C@]2(C)[C@@]1(OC(=O)C(C)(C)C)C(=O)CO. The molecule has 0 unspecified atom stereocenters. The Morgan fingerprint density at radius 3 is 2.40 bits per heavy atom. The lowest BCUT2D eigenvalue weighted by Crippen LogP contribution is -2.71. The highest BCUT2D eigenvalue weighted by atomic mass is 19.1. The number of Topliss-reactive ketones (excluding diaryl/α,β-unsaturated/α-hetero) is 1. The molecule has 8 heteroatoms. The Kier molecular flexibility index (Phi) is 5.81. The number of allylic oxidation sites excluding steroid dienone is 4. The molecule has 0 radical (unpaired) electrons. The first-order valence-electron chi connectivity index (χ1n) is 12.3. The molecule has 0 aromatic rings. The number of carbonyl (C=O) groups excluding carboxylic acids is 3. The molecule has 194 valence electrons. The third-order valence-electron chi connectivity index (χ3n) is 9.59. The topological polar surface area (TPSA) is 101 Å². The smallest absolute Gasteiger partial charge is 0.312 e. The van der Waals surface area contributed by atoms with Gasteiger partial charge in [0.05, 0.1) is 11.5 Å². The largest absolute Gasteiger partial charge is 0.450 e. The second-order valence-corrected chi connectivity index (χ2v) is 12.5. The zero-order valence-corrected chi connectivity index (χ0v) is 21.2. The predicted molar refractivity (Wildman–Crippen MR) is 124 cm³/mol. The van der Waals surface area contributed by atoms with E-state index in [0.29, 0.717) is 0 Å². The number of rotatable bonds is 3. The number of hydrogen-bond acceptors (Lipinski definition) is 6. The van der Waals surface area contributed by atoms with Gasteiger partial charge < -0.3 is 14.9 Å². The predicted octanol–water partition coefficient (Wildman–Crippen LogP) is 3.44. The fraction of sp³-hybridized carbons (Fsp3) is 0.741. The lowest BCUT2D eigenvalue weighted by molar-refractivity contribution is -0.234. The molecule has 0 saturated heterocycles. The molecular formula is C27H36F2O6. The van der Waals surface area contributed by atoms with Crippen LogP contribution < -0.4 is 0 Å². The van der Waals surface area contributed by atoms with E-state index in [9.17, 15) is 24.6 Å². The van der Waals surface area contributed by atoms with E-state index in [0.717, 1.165) is 6.08 Å². The number of fused-ring (bicyclic) bond motifs is 5. The first kappa shape index (κ1) is 26.1. The molecule has 0 spiro atoms. The van der Waals surface area contributed by atoms with Gasteiger partial charge in [-0.1, -0.05) is 19.9 Å². The molecular weight excluding hydrogens is 458 g/mol. The van der Waals surface area contributed by atoms with Gasteiger partial charge in [-0.2, -0.15) is 0 Å². The van der Waals surface area contributed by atoms with Gasteiger partial charge in [0.2, 0.25) is 5.78 Å². The summed E-state index contributed by atoms with van der Waals surface area (Å²) in [6.45, 7) is 8.98. The van der Waals surface area contributed by atoms with E-state index in [1.165, 1.54) is 19.1 Å². The third-order valence-corrected chi connectivity index (χ3v) is 9.59. The average Bonchev–Trinajstić information content (AvgIpc) is 2.98. The summed E-state index contributed by atoms with van der Waals surface area (Å²) in [7, 11) is 0. The van der Waals surface area contributed by atoms with Crippen molar-refractivity contribution in [2.75, 3.05) is 6.61 Å². The maximum absolute atomic E-state index is 17.3. The molecule has 35 heavy (non-hydrogen) atoms. The fourth-order valence-electron chi connectivity index (χ4n) is 7.81. The quantitative estimate of drug-likeness (QED) is 0.583. The van der Waals surface area contributed by atoms with E-state index in [1.807, 2.05) is 0 Å². The van der Waals surface area contributed by atoms with Crippen LogP contribution in [-0.4, -0.2) is 57.9 Å². The standard InChI is InChI=1S/C27H36F2O6/c1-14-9-16-17-11-19(28)18-10-15(31)7-8-24(18,5)26(17,29)20(32)12-25(16,6)27(14,21(33)13-30)35-22(34)23(2,3)4/h7-8,10,14,16-17,19-20,30,32H,9,11-13H2,1-6H3/t14-,16+,17+,19+,20+,24+,25+,26+,27+/m1/s1. The van der Waals surface area contributed by atoms with Crippen molar-refractivity contribution in [2.45, 2.75) is 84.4 Å². The molecule has 0 heterocycles. The van der Waals surface area contributed by atoms with Crippen molar-refractivity contribution in [3.63, 3.8) is 0 Å². The minimum Gasteiger partial charge on any atom is -0.450 e. The number of esters is 1. The summed E-state index contributed by atoms with van der Waals surface area (Å²) in [5.41, 5.74) is -7.79. The molecule has 4 aliphatic carbocycles. The van der Waals surface area contributed by atoms with Gasteiger partial charge in [0.1, 0.15) is 12.8 Å². The van der Waals surface area contributed by atoms with Crippen LogP contribution in [0.1, 0.15) is 60.8 Å². The number of halogens is 2.